The van der Waals surface area contributed by atoms with E-state index in [0.29, 0.717) is 6.42 Å². The van der Waals surface area contributed by atoms with Crippen LogP contribution >= 0.6 is 0 Å². The van der Waals surface area contributed by atoms with Crippen molar-refractivity contribution in [1.82, 2.24) is 36.8 Å². The number of amides is 7. The highest BCUT2D eigenvalue weighted by molar-refractivity contribution is 7.91. The number of ketones is 2. The maximum absolute atomic E-state index is 13.8. The topological polar surface area (TPSA) is 365 Å². The summed E-state index contributed by atoms with van der Waals surface area (Å²) >= 11 is 0. The van der Waals surface area contributed by atoms with E-state index in [0.717, 1.165) is 40.5 Å². The quantitative estimate of drug-likeness (QED) is 0.0401. The molecule has 4 aromatic rings. The molecule has 0 saturated carbocycles. The lowest BCUT2D eigenvalue weighted by atomic mass is 9.82. The molecule has 6 unspecified atom stereocenters. The molecular weight excluding hydrogens is 1130 g/mol. The number of Topliss-reactive ketones (excluding diaryl/α,β-unsaturated/α-hetero) is 2. The van der Waals surface area contributed by atoms with E-state index in [-0.39, 0.29) is 58.5 Å². The molecule has 1 aliphatic heterocycles. The molecule has 1 fully saturated rings. The van der Waals surface area contributed by atoms with E-state index in [1.807, 2.05) is 48.5 Å². The lowest BCUT2D eigenvalue weighted by Gasteiger charge is -2.30. The van der Waals surface area contributed by atoms with Crippen molar-refractivity contribution in [3.8, 4) is 11.1 Å². The zero-order valence-corrected chi connectivity index (χ0v) is 48.8. The number of benzene rings is 4. The number of nitrogens with one attached hydrogen (secondary N) is 7. The summed E-state index contributed by atoms with van der Waals surface area (Å²) in [7, 11) is -9.21. The van der Waals surface area contributed by atoms with Crippen molar-refractivity contribution in [3.63, 3.8) is 0 Å². The Morgan fingerprint density at radius 3 is 1.93 bits per heavy atom. The summed E-state index contributed by atoms with van der Waals surface area (Å²) in [6.07, 6.45) is 0.988. The zero-order valence-electron chi connectivity index (χ0n) is 47.2. The molecule has 7 amide bonds. The third-order valence-corrected chi connectivity index (χ3v) is 17.4. The first-order valence-corrected chi connectivity index (χ1v) is 30.0. The molecule has 4 aromatic carbocycles. The van der Waals surface area contributed by atoms with Gasteiger partial charge in [0, 0.05) is 35.8 Å². The van der Waals surface area contributed by atoms with Gasteiger partial charge in [0.05, 0.1) is 33.2 Å². The number of ether oxygens (including phenoxy) is 1. The van der Waals surface area contributed by atoms with Crippen LogP contribution in [0.1, 0.15) is 99.1 Å². The Labute approximate surface area is 485 Å². The fourth-order valence-electron chi connectivity index (χ4n) is 10.2. The van der Waals surface area contributed by atoms with Gasteiger partial charge >= 0.3 is 6.09 Å². The van der Waals surface area contributed by atoms with Crippen molar-refractivity contribution in [2.75, 3.05) is 36.5 Å². The van der Waals surface area contributed by atoms with Crippen LogP contribution in [0.3, 0.4) is 0 Å². The molecule has 7 rings (SSSR count). The Bertz CT molecular complexity index is 3590. The zero-order chi connectivity index (χ0) is 61.7. The second-order valence-electron chi connectivity index (χ2n) is 21.0. The molecule has 84 heavy (non-hydrogen) atoms. The van der Waals surface area contributed by atoms with Gasteiger partial charge in [0.15, 0.2) is 21.4 Å². The summed E-state index contributed by atoms with van der Waals surface area (Å²) in [4.78, 5) is 121. The van der Waals surface area contributed by atoms with E-state index in [4.69, 9.17) is 10.5 Å². The fraction of sp³-hybridized carbons (Fsp3) is 0.362. The molecule has 1 saturated heterocycles. The number of allylic oxidation sites excluding steroid dienone is 3. The Kier molecular flexibility index (Phi) is 19.3. The number of sulfone groups is 1. The number of hydrogen-bond donors (Lipinski definition) is 9. The first-order valence-electron chi connectivity index (χ1n) is 26.9. The number of alkyl carbamates (subject to hydrolysis) is 1. The monoisotopic (exact) mass is 1190 g/mol. The molecule has 0 spiro atoms. The number of nitrogens with zero attached hydrogens (tertiary/aromatic N) is 1. The highest BCUT2D eigenvalue weighted by Gasteiger charge is 2.40. The summed E-state index contributed by atoms with van der Waals surface area (Å²) < 4.78 is 67.2. The van der Waals surface area contributed by atoms with Crippen molar-refractivity contribution < 1.29 is 69.3 Å². The number of likely N-dealkylation sites (tertiary alicyclic amines) is 1. The lowest BCUT2D eigenvalue weighted by molar-refractivity contribution is -0.142. The van der Waals surface area contributed by atoms with Crippen LogP contribution in [0.5, 0.6) is 0 Å². The van der Waals surface area contributed by atoms with Gasteiger partial charge in [0.1, 0.15) is 47.8 Å². The first-order chi connectivity index (χ1) is 39.6. The summed E-state index contributed by atoms with van der Waals surface area (Å²) in [5.74, 6) is -7.10. The SMILES string of the molecule is C=CC1=C(C)C(=O)c2c(Nc3cccc(S(=O)(=O)CCNC(=O)C(C)NC(=O)C(C)NC(=O)C(NC(=O)C4CCCN4C(=O)C(C)NC(=O)C(C)NC(=O)OCC4c5ccccc5-c5ccccc54)C(C)C)c3)cc(S(=O)(=O)O)c(N)c2C1=O. The normalized spacial score (nSPS) is 16.6. The van der Waals surface area contributed by atoms with Gasteiger partial charge in [-0.15, -0.1) is 0 Å². The van der Waals surface area contributed by atoms with Crippen LogP contribution in [0.25, 0.3) is 11.1 Å². The van der Waals surface area contributed by atoms with Crippen molar-refractivity contribution in [1.29, 1.82) is 0 Å². The smallest absolute Gasteiger partial charge is 0.407 e. The number of rotatable bonds is 22. The van der Waals surface area contributed by atoms with E-state index in [1.54, 1.807) is 13.8 Å². The number of anilines is 3. The second-order valence-corrected chi connectivity index (χ2v) is 24.5. The second kappa shape index (κ2) is 25.8. The molecule has 0 bridgehead atoms. The molecule has 3 aliphatic rings. The molecular formula is C58H67N9O15S2. The Morgan fingerprint density at radius 1 is 0.738 bits per heavy atom. The predicted molar refractivity (Wildman–Crippen MR) is 309 cm³/mol. The maximum atomic E-state index is 13.8. The summed E-state index contributed by atoms with van der Waals surface area (Å²) in [6, 6.07) is 14.8. The Morgan fingerprint density at radius 2 is 1.32 bits per heavy atom. The van der Waals surface area contributed by atoms with Crippen LogP contribution in [0.2, 0.25) is 0 Å². The molecule has 2 aliphatic carbocycles. The van der Waals surface area contributed by atoms with Gasteiger partial charge in [0.25, 0.3) is 10.1 Å². The number of hydrogen-bond acceptors (Lipinski definition) is 16. The van der Waals surface area contributed by atoms with E-state index >= 15 is 0 Å². The van der Waals surface area contributed by atoms with E-state index in [9.17, 15) is 64.5 Å². The average molecular weight is 1190 g/mol. The summed E-state index contributed by atoms with van der Waals surface area (Å²) in [5, 5.41) is 18.0. The van der Waals surface area contributed by atoms with Crippen molar-refractivity contribution in [3.05, 3.63) is 125 Å². The van der Waals surface area contributed by atoms with Gasteiger partial charge in [-0.2, -0.15) is 8.42 Å². The van der Waals surface area contributed by atoms with Crippen LogP contribution in [-0.2, 0) is 53.5 Å². The number of carbonyl (C=O) groups excluding carboxylic acids is 9. The number of carbonyl (C=O) groups is 9. The number of nitrogens with two attached hydrogens (primary N) is 1. The van der Waals surface area contributed by atoms with Gasteiger partial charge < -0.3 is 52.6 Å². The van der Waals surface area contributed by atoms with E-state index in [2.05, 4.69) is 43.8 Å². The van der Waals surface area contributed by atoms with Crippen LogP contribution in [0.15, 0.2) is 112 Å². The van der Waals surface area contributed by atoms with Crippen LogP contribution < -0.4 is 43.0 Å². The van der Waals surface area contributed by atoms with E-state index < -0.39 is 144 Å². The average Bonchev–Trinajstić information content (AvgIpc) is 4.23. The minimum atomic E-state index is -5.04. The van der Waals surface area contributed by atoms with Crippen molar-refractivity contribution >= 4 is 90.1 Å². The number of fused-ring (bicyclic) bond motifs is 4. The first kappa shape index (κ1) is 62.8. The third-order valence-electron chi connectivity index (χ3n) is 14.8. The molecule has 24 nitrogen and oxygen atoms in total. The van der Waals surface area contributed by atoms with E-state index in [1.165, 1.54) is 57.7 Å². The maximum Gasteiger partial charge on any atom is 0.407 e. The Balaban J connectivity index is 0.865. The molecule has 26 heteroatoms. The largest absolute Gasteiger partial charge is 0.449 e. The van der Waals surface area contributed by atoms with Gasteiger partial charge in [-0.3, -0.25) is 42.9 Å². The fourth-order valence-corrected chi connectivity index (χ4v) is 12.1. The summed E-state index contributed by atoms with van der Waals surface area (Å²) in [6.45, 7) is 13.6. The molecule has 6 atom stereocenters. The van der Waals surface area contributed by atoms with Gasteiger partial charge in [-0.05, 0) is 99.9 Å². The van der Waals surface area contributed by atoms with Crippen LogP contribution in [0, 0.1) is 5.92 Å². The molecule has 446 valence electrons. The van der Waals surface area contributed by atoms with Crippen LogP contribution in [-0.4, -0.2) is 141 Å². The molecule has 0 aromatic heterocycles. The summed E-state index contributed by atoms with van der Waals surface area (Å²) in [5.41, 5.74) is 8.28. The Hall–Kier alpha value is -8.75. The minimum Gasteiger partial charge on any atom is -0.449 e. The van der Waals surface area contributed by atoms with Gasteiger partial charge in [-0.25, -0.2) is 13.2 Å². The highest BCUT2D eigenvalue weighted by atomic mass is 32.2. The standard InChI is InChI=1S/C58H67N9O15S2/c1-9-37-30(4)50(68)46-43(27-45(84(79,80)81)48(59)47(46)51(37)69)65-35-16-14-17-36(26-35)83(77,78)25-23-60-52(70)31(5)61-53(71)32(6)62-56(74)49(29(2)3)66-55(73)44-22-15-24-67(44)57(75)34(8)63-54(72)33(7)64-58(76)82-28-42-40-20-12-10-18-38(40)39-19-11-13-21-41(39)42/h9-14,16-21,26-27,29,31-34,42,44,49,65H,1,15,22-25,28,59H2,2-8H3,(H,60,70)(H,61,71)(H,62,74)(H,63,72)(H,64,76)(H,66,73)(H,79,80,81). The third kappa shape index (κ3) is 13.7. The number of nitrogen functional groups attached to an aromatic ring is 1. The van der Waals surface area contributed by atoms with Gasteiger partial charge in [0.2, 0.25) is 35.4 Å². The highest BCUT2D eigenvalue weighted by Crippen LogP contribution is 2.45. The lowest BCUT2D eigenvalue weighted by Crippen LogP contribution is -2.59. The van der Waals surface area contributed by atoms with Crippen molar-refractivity contribution in [2.24, 2.45) is 5.92 Å². The van der Waals surface area contributed by atoms with Gasteiger partial charge in [-0.1, -0.05) is 81.1 Å². The van der Waals surface area contributed by atoms with Crippen molar-refractivity contribution in [2.45, 2.75) is 113 Å². The molecule has 1 heterocycles. The van der Waals surface area contributed by atoms with Crippen LogP contribution in [0.4, 0.5) is 21.9 Å². The molecule has 0 radical (unpaired) electrons. The minimum absolute atomic E-state index is 0.0164. The molecule has 10 N–H and O–H groups in total. The predicted octanol–water partition coefficient (Wildman–Crippen LogP) is 3.60.